The molecule has 232 valence electrons. The average Bonchev–Trinajstić information content (AvgIpc) is 3.50. The number of anilines is 1. The topological polar surface area (TPSA) is 60.0 Å². The van der Waals surface area contributed by atoms with Crippen LogP contribution in [0, 0.1) is 6.92 Å². The number of hydrogen-bond donors (Lipinski definition) is 0. The lowest BCUT2D eigenvalue weighted by molar-refractivity contribution is -0.144. The zero-order valence-corrected chi connectivity index (χ0v) is 27.0. The Balaban J connectivity index is 1.31. The van der Waals surface area contributed by atoms with Gasteiger partial charge in [-0.25, -0.2) is 4.98 Å². The summed E-state index contributed by atoms with van der Waals surface area (Å²) in [5.74, 6) is -0.218. The highest BCUT2D eigenvalue weighted by atomic mass is 32.1. The summed E-state index contributed by atoms with van der Waals surface area (Å²) in [5, 5.41) is 2.89. The number of benzene rings is 3. The molecule has 0 bridgehead atoms. The van der Waals surface area contributed by atoms with Gasteiger partial charge in [-0.15, -0.1) is 11.3 Å². The predicted octanol–water partition coefficient (Wildman–Crippen LogP) is 5.44. The summed E-state index contributed by atoms with van der Waals surface area (Å²) in [4.78, 5) is 41.6. The van der Waals surface area contributed by atoms with Crippen LogP contribution in [0.4, 0.5) is 5.69 Å². The molecule has 1 aromatic heterocycles. The Hall–Kier alpha value is -4.27. The second-order valence-electron chi connectivity index (χ2n) is 12.0. The van der Waals surface area contributed by atoms with Gasteiger partial charge in [0.2, 0.25) is 11.8 Å². The smallest absolute Gasteiger partial charge is 0.247 e. The number of piperazine rings is 1. The molecule has 0 aliphatic carbocycles. The molecule has 1 atom stereocenters. The largest absolute Gasteiger partial charge is 0.369 e. The van der Waals surface area contributed by atoms with Crippen molar-refractivity contribution in [1.29, 1.82) is 0 Å². The summed E-state index contributed by atoms with van der Waals surface area (Å²) in [7, 11) is 2.16. The van der Waals surface area contributed by atoms with Crippen LogP contribution in [0.3, 0.4) is 0 Å². The number of likely N-dealkylation sites (N-methyl/N-ethyl adjacent to an activating group) is 1. The Morgan fingerprint density at radius 3 is 2.31 bits per heavy atom. The monoisotopic (exact) mass is 619 g/mol. The molecule has 4 aromatic rings. The molecular weight excluding hydrogens is 579 g/mol. The Morgan fingerprint density at radius 2 is 1.60 bits per heavy atom. The molecule has 0 spiro atoms. The summed E-state index contributed by atoms with van der Waals surface area (Å²) in [5.41, 5.74) is 6.42. The van der Waals surface area contributed by atoms with Gasteiger partial charge in [0, 0.05) is 69.4 Å². The van der Waals surface area contributed by atoms with E-state index in [1.54, 1.807) is 28.4 Å². The average molecular weight is 620 g/mol. The highest BCUT2D eigenvalue weighted by Crippen LogP contribution is 2.24. The van der Waals surface area contributed by atoms with Crippen LogP contribution < -0.4 is 4.90 Å². The number of thiazole rings is 1. The van der Waals surface area contributed by atoms with Crippen molar-refractivity contribution in [2.45, 2.75) is 38.9 Å². The Bertz CT molecular complexity index is 1630. The lowest BCUT2D eigenvalue weighted by Crippen LogP contribution is -2.52. The first-order chi connectivity index (χ1) is 21.9. The van der Waals surface area contributed by atoms with E-state index >= 15 is 0 Å². The lowest BCUT2D eigenvalue weighted by atomic mass is 9.97. The maximum absolute atomic E-state index is 14.5. The van der Waals surface area contributed by atoms with E-state index in [0.29, 0.717) is 26.1 Å². The van der Waals surface area contributed by atoms with E-state index in [-0.39, 0.29) is 11.8 Å². The second kappa shape index (κ2) is 14.2. The SMILES string of the molecule is Cc1nc(C=CC(=O)N(Cc2ccc(N3CCN(C)CC3)cc2)[C@@H](Cc2ccccc2)C(=O)N2CCc3ccccc3C2)cs1. The zero-order valence-electron chi connectivity index (χ0n) is 26.1. The molecular formula is C37H41N5O2S. The quantitative estimate of drug-likeness (QED) is 0.234. The fourth-order valence-electron chi connectivity index (χ4n) is 6.19. The third kappa shape index (κ3) is 7.70. The van der Waals surface area contributed by atoms with E-state index < -0.39 is 6.04 Å². The molecule has 7 nitrogen and oxygen atoms in total. The minimum Gasteiger partial charge on any atom is -0.369 e. The van der Waals surface area contributed by atoms with Gasteiger partial charge in [0.15, 0.2) is 0 Å². The van der Waals surface area contributed by atoms with Gasteiger partial charge >= 0.3 is 0 Å². The summed E-state index contributed by atoms with van der Waals surface area (Å²) in [6, 6.07) is 26.2. The van der Waals surface area contributed by atoms with Gasteiger partial charge < -0.3 is 19.6 Å². The van der Waals surface area contributed by atoms with E-state index in [9.17, 15) is 9.59 Å². The van der Waals surface area contributed by atoms with Gasteiger partial charge in [-0.1, -0.05) is 66.7 Å². The number of aromatic nitrogens is 1. The standard InChI is InChI=1S/C37H41N5O2S/c1-28-38-33(27-45-28)14-17-36(43)42(25-30-12-15-34(16-13-30)40-22-20-39(2)21-23-40)35(24-29-8-4-3-5-9-29)37(44)41-19-18-31-10-6-7-11-32(31)26-41/h3-17,27,35H,18-26H2,1-2H3/t35-/m0/s1. The second-order valence-corrected chi connectivity index (χ2v) is 13.1. The molecule has 0 radical (unpaired) electrons. The maximum Gasteiger partial charge on any atom is 0.247 e. The molecule has 6 rings (SSSR count). The van der Waals surface area contributed by atoms with Crippen molar-refractivity contribution in [1.82, 2.24) is 19.7 Å². The molecule has 0 N–H and O–H groups in total. The van der Waals surface area contributed by atoms with E-state index in [2.05, 4.69) is 64.3 Å². The first-order valence-electron chi connectivity index (χ1n) is 15.8. The fourth-order valence-corrected chi connectivity index (χ4v) is 6.77. The molecule has 8 heteroatoms. The van der Waals surface area contributed by atoms with Crippen LogP contribution in [0.15, 0.2) is 90.3 Å². The minimum absolute atomic E-state index is 0.0198. The molecule has 3 aromatic carbocycles. The third-order valence-corrected chi connectivity index (χ3v) is 9.64. The number of rotatable bonds is 9. The molecule has 0 saturated carbocycles. The van der Waals surface area contributed by atoms with Crippen molar-refractivity contribution in [2.75, 3.05) is 44.7 Å². The van der Waals surface area contributed by atoms with Gasteiger partial charge in [0.25, 0.3) is 0 Å². The van der Waals surface area contributed by atoms with Crippen LogP contribution >= 0.6 is 11.3 Å². The number of fused-ring (bicyclic) bond motifs is 1. The number of amides is 2. The predicted molar refractivity (Wildman–Crippen MR) is 182 cm³/mol. The van der Waals surface area contributed by atoms with Crippen LogP contribution in [0.25, 0.3) is 6.08 Å². The number of hydrogen-bond acceptors (Lipinski definition) is 6. The first-order valence-corrected chi connectivity index (χ1v) is 16.6. The first kappa shape index (κ1) is 30.7. The molecule has 1 fully saturated rings. The van der Waals surface area contributed by atoms with Gasteiger partial charge in [-0.2, -0.15) is 0 Å². The molecule has 2 aliphatic rings. The van der Waals surface area contributed by atoms with Crippen molar-refractivity contribution >= 4 is 34.9 Å². The van der Waals surface area contributed by atoms with Crippen molar-refractivity contribution in [2.24, 2.45) is 0 Å². The van der Waals surface area contributed by atoms with Gasteiger partial charge in [-0.05, 0) is 60.9 Å². The van der Waals surface area contributed by atoms with Crippen molar-refractivity contribution < 1.29 is 9.59 Å². The van der Waals surface area contributed by atoms with Crippen molar-refractivity contribution in [3.8, 4) is 0 Å². The summed E-state index contributed by atoms with van der Waals surface area (Å²) in [6.07, 6.45) is 4.58. The third-order valence-electron chi connectivity index (χ3n) is 8.85. The van der Waals surface area contributed by atoms with E-state index in [4.69, 9.17) is 0 Å². The molecule has 2 aliphatic heterocycles. The summed E-state index contributed by atoms with van der Waals surface area (Å²) >= 11 is 1.55. The number of carbonyl (C=O) groups is 2. The summed E-state index contributed by atoms with van der Waals surface area (Å²) < 4.78 is 0. The van der Waals surface area contributed by atoms with Crippen molar-refractivity contribution in [3.05, 3.63) is 123 Å². The number of aryl methyl sites for hydroxylation is 1. The van der Waals surface area contributed by atoms with E-state index in [1.807, 2.05) is 53.6 Å². The number of carbonyl (C=O) groups excluding carboxylic acids is 2. The molecule has 45 heavy (non-hydrogen) atoms. The number of nitrogens with zero attached hydrogens (tertiary/aromatic N) is 5. The molecule has 2 amide bonds. The van der Waals surface area contributed by atoms with Crippen LogP contribution in [-0.2, 0) is 35.5 Å². The van der Waals surface area contributed by atoms with Crippen LogP contribution in [0.2, 0.25) is 0 Å². The Kier molecular flexibility index (Phi) is 9.72. The molecule has 3 heterocycles. The zero-order chi connectivity index (χ0) is 31.2. The highest BCUT2D eigenvalue weighted by molar-refractivity contribution is 7.09. The lowest BCUT2D eigenvalue weighted by Gasteiger charge is -2.37. The van der Waals surface area contributed by atoms with E-state index in [0.717, 1.165) is 54.4 Å². The van der Waals surface area contributed by atoms with Gasteiger partial charge in [0.05, 0.1) is 10.7 Å². The Morgan fingerprint density at radius 1 is 0.889 bits per heavy atom. The molecule has 0 unspecified atom stereocenters. The minimum atomic E-state index is -0.663. The summed E-state index contributed by atoms with van der Waals surface area (Å²) in [6.45, 7) is 7.54. The maximum atomic E-state index is 14.5. The normalized spacial score (nSPS) is 16.0. The van der Waals surface area contributed by atoms with Crippen molar-refractivity contribution in [3.63, 3.8) is 0 Å². The Labute approximate surface area is 270 Å². The van der Waals surface area contributed by atoms with Crippen LogP contribution in [-0.4, -0.2) is 77.3 Å². The van der Waals surface area contributed by atoms with Crippen LogP contribution in [0.5, 0.6) is 0 Å². The van der Waals surface area contributed by atoms with Crippen LogP contribution in [0.1, 0.15) is 33.0 Å². The van der Waals surface area contributed by atoms with E-state index in [1.165, 1.54) is 16.8 Å². The molecule has 1 saturated heterocycles. The van der Waals surface area contributed by atoms with Gasteiger partial charge in [0.1, 0.15) is 6.04 Å². The fraction of sp³-hybridized carbons (Fsp3) is 0.324. The van der Waals surface area contributed by atoms with Gasteiger partial charge in [-0.3, -0.25) is 9.59 Å². The highest BCUT2D eigenvalue weighted by Gasteiger charge is 2.34.